The van der Waals surface area contributed by atoms with E-state index in [0.717, 1.165) is 12.5 Å². The number of nitrogens with two attached hydrogens (primary N) is 1. The number of benzene rings is 1. The maximum absolute atomic E-state index is 6.01. The molecule has 1 aromatic carbocycles. The fourth-order valence-electron chi connectivity index (χ4n) is 3.06. The van der Waals surface area contributed by atoms with Crippen molar-refractivity contribution in [2.75, 3.05) is 6.54 Å². The fraction of sp³-hybridized carbons (Fsp3) is 0.467. The first-order valence-electron chi connectivity index (χ1n) is 6.48. The molecule has 90 valence electrons. The molecule has 1 unspecified atom stereocenters. The Balaban J connectivity index is 2.23. The molecule has 2 nitrogen and oxygen atoms in total. The number of aromatic nitrogens is 1. The van der Waals surface area contributed by atoms with E-state index in [4.69, 9.17) is 5.73 Å². The topological polar surface area (TPSA) is 30.9 Å². The Hall–Kier alpha value is -1.28. The summed E-state index contributed by atoms with van der Waals surface area (Å²) < 4.78 is 2.30. The average molecular weight is 228 g/mol. The molecule has 1 aliphatic carbocycles. The van der Waals surface area contributed by atoms with E-state index >= 15 is 0 Å². The normalized spacial score (nSPS) is 17.6. The van der Waals surface area contributed by atoms with Crippen molar-refractivity contribution in [3.63, 3.8) is 0 Å². The molecule has 0 saturated heterocycles. The van der Waals surface area contributed by atoms with Gasteiger partial charge in [0.15, 0.2) is 0 Å². The van der Waals surface area contributed by atoms with Gasteiger partial charge in [0.1, 0.15) is 0 Å². The van der Waals surface area contributed by atoms with E-state index in [2.05, 4.69) is 42.8 Å². The summed E-state index contributed by atoms with van der Waals surface area (Å²) in [7, 11) is 2.15. The number of rotatable bonds is 3. The zero-order valence-corrected chi connectivity index (χ0v) is 10.6. The highest BCUT2D eigenvalue weighted by atomic mass is 14.9. The Morgan fingerprint density at radius 2 is 2.06 bits per heavy atom. The van der Waals surface area contributed by atoms with Crippen LogP contribution in [0, 0.1) is 12.8 Å². The first-order chi connectivity index (χ1) is 8.24. The Morgan fingerprint density at radius 3 is 2.71 bits per heavy atom. The lowest BCUT2D eigenvalue weighted by Gasteiger charge is -2.15. The van der Waals surface area contributed by atoms with Crippen LogP contribution in [-0.2, 0) is 7.05 Å². The van der Waals surface area contributed by atoms with Crippen molar-refractivity contribution in [3.8, 4) is 0 Å². The van der Waals surface area contributed by atoms with Gasteiger partial charge in [-0.1, -0.05) is 18.2 Å². The Morgan fingerprint density at radius 1 is 1.35 bits per heavy atom. The summed E-state index contributed by atoms with van der Waals surface area (Å²) in [5.41, 5.74) is 10.2. The predicted molar refractivity (Wildman–Crippen MR) is 72.2 cm³/mol. The van der Waals surface area contributed by atoms with Gasteiger partial charge < -0.3 is 10.3 Å². The van der Waals surface area contributed by atoms with E-state index in [1.807, 2.05) is 0 Å². The molecule has 0 aliphatic heterocycles. The fourth-order valence-corrected chi connectivity index (χ4v) is 3.06. The molecule has 0 amide bonds. The second-order valence-electron chi connectivity index (χ2n) is 5.25. The lowest BCUT2D eigenvalue weighted by molar-refractivity contribution is 0.613. The van der Waals surface area contributed by atoms with Crippen molar-refractivity contribution in [2.45, 2.75) is 25.7 Å². The third-order valence-corrected chi connectivity index (χ3v) is 4.26. The van der Waals surface area contributed by atoms with Gasteiger partial charge in [-0.15, -0.1) is 0 Å². The molecular formula is C15H20N2. The van der Waals surface area contributed by atoms with Crippen LogP contribution in [0.5, 0.6) is 0 Å². The van der Waals surface area contributed by atoms with Crippen LogP contribution in [0.4, 0.5) is 0 Å². The number of hydrogen-bond donors (Lipinski definition) is 1. The molecule has 0 spiro atoms. The molecule has 2 N–H and O–H groups in total. The first kappa shape index (κ1) is 10.8. The van der Waals surface area contributed by atoms with Gasteiger partial charge in [0.2, 0.25) is 0 Å². The van der Waals surface area contributed by atoms with E-state index in [0.29, 0.717) is 5.92 Å². The van der Waals surface area contributed by atoms with E-state index in [9.17, 15) is 0 Å². The Labute approximate surface area is 102 Å². The predicted octanol–water partition coefficient (Wildman–Crippen LogP) is 2.94. The third kappa shape index (κ3) is 1.59. The largest absolute Gasteiger partial charge is 0.348 e. The summed E-state index contributed by atoms with van der Waals surface area (Å²) in [5.74, 6) is 1.38. The highest BCUT2D eigenvalue weighted by molar-refractivity contribution is 5.86. The van der Waals surface area contributed by atoms with Gasteiger partial charge >= 0.3 is 0 Å². The van der Waals surface area contributed by atoms with Crippen LogP contribution in [-0.4, -0.2) is 11.1 Å². The zero-order chi connectivity index (χ0) is 12.0. The van der Waals surface area contributed by atoms with Crippen LogP contribution in [0.25, 0.3) is 10.9 Å². The zero-order valence-electron chi connectivity index (χ0n) is 10.6. The maximum Gasteiger partial charge on any atom is 0.0482 e. The number of fused-ring (bicyclic) bond motifs is 1. The average Bonchev–Trinajstić information content (AvgIpc) is 3.15. The SMILES string of the molecule is Cc1c(C(CN)C2CC2)c2ccccc2n1C. The molecule has 0 radical (unpaired) electrons. The van der Waals surface area contributed by atoms with Crippen molar-refractivity contribution in [2.24, 2.45) is 18.7 Å². The highest BCUT2D eigenvalue weighted by Gasteiger charge is 2.34. The van der Waals surface area contributed by atoms with Gasteiger partial charge in [-0.25, -0.2) is 0 Å². The minimum atomic E-state index is 0.557. The van der Waals surface area contributed by atoms with Crippen LogP contribution in [0.15, 0.2) is 24.3 Å². The lowest BCUT2D eigenvalue weighted by Crippen LogP contribution is -2.15. The molecule has 1 aliphatic rings. The van der Waals surface area contributed by atoms with Gasteiger partial charge in [0.25, 0.3) is 0 Å². The van der Waals surface area contributed by atoms with Gasteiger partial charge in [0.05, 0.1) is 0 Å². The van der Waals surface area contributed by atoms with E-state index in [-0.39, 0.29) is 0 Å². The van der Waals surface area contributed by atoms with Gasteiger partial charge in [-0.05, 0) is 43.9 Å². The van der Waals surface area contributed by atoms with Crippen LogP contribution in [0.3, 0.4) is 0 Å². The van der Waals surface area contributed by atoms with Crippen LogP contribution in [0.1, 0.15) is 30.0 Å². The summed E-state index contributed by atoms with van der Waals surface area (Å²) in [6, 6.07) is 8.68. The van der Waals surface area contributed by atoms with Gasteiger partial charge in [-0.2, -0.15) is 0 Å². The molecule has 17 heavy (non-hydrogen) atoms. The number of aryl methyl sites for hydroxylation is 1. The van der Waals surface area contributed by atoms with Crippen LogP contribution < -0.4 is 5.73 Å². The molecule has 3 rings (SSSR count). The summed E-state index contributed by atoms with van der Waals surface area (Å²) in [6.07, 6.45) is 2.70. The van der Waals surface area contributed by atoms with E-state index in [1.54, 1.807) is 0 Å². The third-order valence-electron chi connectivity index (χ3n) is 4.26. The quantitative estimate of drug-likeness (QED) is 0.860. The summed E-state index contributed by atoms with van der Waals surface area (Å²) in [4.78, 5) is 0. The molecule has 2 heteroatoms. The van der Waals surface area contributed by atoms with Crippen LogP contribution >= 0.6 is 0 Å². The number of nitrogens with zero attached hydrogens (tertiary/aromatic N) is 1. The monoisotopic (exact) mass is 228 g/mol. The lowest BCUT2D eigenvalue weighted by atomic mass is 9.92. The van der Waals surface area contributed by atoms with Gasteiger partial charge in [-0.3, -0.25) is 0 Å². The summed E-state index contributed by atoms with van der Waals surface area (Å²) in [6.45, 7) is 3.00. The second kappa shape index (κ2) is 3.88. The Kier molecular flexibility index (Phi) is 2.48. The Bertz CT molecular complexity index is 549. The van der Waals surface area contributed by atoms with Crippen LogP contribution in [0.2, 0.25) is 0 Å². The summed E-state index contributed by atoms with van der Waals surface area (Å²) in [5, 5.41) is 1.40. The standard InChI is InChI=1S/C15H20N2/c1-10-15(13(9-16)11-7-8-11)12-5-3-4-6-14(12)17(10)2/h3-6,11,13H,7-9,16H2,1-2H3. The van der Waals surface area contributed by atoms with Crippen molar-refractivity contribution in [3.05, 3.63) is 35.5 Å². The molecule has 2 aromatic rings. The van der Waals surface area contributed by atoms with Crippen molar-refractivity contribution in [1.82, 2.24) is 4.57 Å². The second-order valence-corrected chi connectivity index (χ2v) is 5.25. The highest BCUT2D eigenvalue weighted by Crippen LogP contribution is 2.45. The molecule has 1 fully saturated rings. The molecular weight excluding hydrogens is 208 g/mol. The summed E-state index contributed by atoms with van der Waals surface area (Å²) >= 11 is 0. The minimum absolute atomic E-state index is 0.557. The first-order valence-corrected chi connectivity index (χ1v) is 6.48. The minimum Gasteiger partial charge on any atom is -0.348 e. The van der Waals surface area contributed by atoms with Gasteiger partial charge in [0, 0.05) is 29.6 Å². The number of hydrogen-bond acceptors (Lipinski definition) is 1. The van der Waals surface area contributed by atoms with Crippen molar-refractivity contribution in [1.29, 1.82) is 0 Å². The van der Waals surface area contributed by atoms with E-state index < -0.39 is 0 Å². The van der Waals surface area contributed by atoms with Crippen molar-refractivity contribution >= 4 is 10.9 Å². The molecule has 1 saturated carbocycles. The maximum atomic E-state index is 6.01. The molecule has 0 bridgehead atoms. The molecule has 1 aromatic heterocycles. The molecule has 1 heterocycles. The molecule has 1 atom stereocenters. The van der Waals surface area contributed by atoms with Crippen molar-refractivity contribution < 1.29 is 0 Å². The number of para-hydroxylation sites is 1. The van der Waals surface area contributed by atoms with E-state index in [1.165, 1.54) is 35.0 Å². The smallest absolute Gasteiger partial charge is 0.0482 e.